The van der Waals surface area contributed by atoms with Crippen LogP contribution >= 0.6 is 27.5 Å². The van der Waals surface area contributed by atoms with Gasteiger partial charge in [0.1, 0.15) is 4.90 Å². The quantitative estimate of drug-likeness (QED) is 0.916. The van der Waals surface area contributed by atoms with Crippen LogP contribution in [0.2, 0.25) is 5.02 Å². The van der Waals surface area contributed by atoms with Gasteiger partial charge in [0, 0.05) is 10.2 Å². The molecule has 0 saturated carbocycles. The number of nitrogens with one attached hydrogen (secondary N) is 1. The fourth-order valence-electron chi connectivity index (χ4n) is 1.39. The standard InChI is InChI=1S/C12H9BrClNO2S/c13-9-5-7-10(8-6-9)15-18(16,17)12-4-2-1-3-11(12)14/h1-8,15H. The minimum absolute atomic E-state index is 0.0644. The van der Waals surface area contributed by atoms with E-state index in [4.69, 9.17) is 11.6 Å². The van der Waals surface area contributed by atoms with Crippen LogP contribution in [0.5, 0.6) is 0 Å². The molecular formula is C12H9BrClNO2S. The average Bonchev–Trinajstić information content (AvgIpc) is 2.32. The molecule has 0 amide bonds. The minimum atomic E-state index is -3.65. The van der Waals surface area contributed by atoms with Crippen molar-refractivity contribution in [2.75, 3.05) is 4.72 Å². The first-order valence-electron chi connectivity index (χ1n) is 5.02. The molecule has 0 aromatic heterocycles. The molecule has 0 unspecified atom stereocenters. The van der Waals surface area contributed by atoms with Crippen molar-refractivity contribution in [1.82, 2.24) is 0 Å². The maximum atomic E-state index is 12.1. The first-order valence-corrected chi connectivity index (χ1v) is 7.67. The van der Waals surface area contributed by atoms with Crippen molar-refractivity contribution < 1.29 is 8.42 Å². The summed E-state index contributed by atoms with van der Waals surface area (Å²) in [4.78, 5) is 0.0644. The SMILES string of the molecule is O=S(=O)(Nc1ccc(Br)cc1)c1ccccc1Cl. The Morgan fingerprint density at radius 1 is 1.00 bits per heavy atom. The van der Waals surface area contributed by atoms with E-state index in [1.807, 2.05) is 0 Å². The Hall–Kier alpha value is -1.04. The Bertz CT molecular complexity index is 656. The summed E-state index contributed by atoms with van der Waals surface area (Å²) < 4.78 is 27.5. The Labute approximate surface area is 119 Å². The van der Waals surface area contributed by atoms with Gasteiger partial charge in [-0.2, -0.15) is 0 Å². The molecule has 2 aromatic carbocycles. The van der Waals surface area contributed by atoms with Gasteiger partial charge in [-0.05, 0) is 36.4 Å². The third-order valence-electron chi connectivity index (χ3n) is 2.22. The fourth-order valence-corrected chi connectivity index (χ4v) is 3.23. The molecule has 0 aliphatic carbocycles. The zero-order valence-corrected chi connectivity index (χ0v) is 12.3. The highest BCUT2D eigenvalue weighted by Gasteiger charge is 2.17. The van der Waals surface area contributed by atoms with E-state index in [2.05, 4.69) is 20.7 Å². The third kappa shape index (κ3) is 3.04. The van der Waals surface area contributed by atoms with Crippen LogP contribution < -0.4 is 4.72 Å². The molecule has 0 heterocycles. The van der Waals surface area contributed by atoms with E-state index in [1.165, 1.54) is 12.1 Å². The zero-order valence-electron chi connectivity index (χ0n) is 9.10. The molecule has 2 rings (SSSR count). The first-order chi connectivity index (χ1) is 8.49. The normalized spacial score (nSPS) is 11.2. The summed E-state index contributed by atoms with van der Waals surface area (Å²) in [6.45, 7) is 0. The number of sulfonamides is 1. The molecule has 0 fully saturated rings. The Morgan fingerprint density at radius 3 is 2.22 bits per heavy atom. The Balaban J connectivity index is 2.33. The van der Waals surface area contributed by atoms with Crippen molar-refractivity contribution in [2.24, 2.45) is 0 Å². The summed E-state index contributed by atoms with van der Waals surface area (Å²) in [6.07, 6.45) is 0. The van der Waals surface area contributed by atoms with Gasteiger partial charge in [0.15, 0.2) is 0 Å². The van der Waals surface area contributed by atoms with E-state index in [0.29, 0.717) is 5.69 Å². The predicted octanol–water partition coefficient (Wildman–Crippen LogP) is 3.90. The van der Waals surface area contributed by atoms with E-state index in [0.717, 1.165) is 4.47 Å². The molecule has 0 bridgehead atoms. The van der Waals surface area contributed by atoms with Crippen molar-refractivity contribution in [1.29, 1.82) is 0 Å². The van der Waals surface area contributed by atoms with Gasteiger partial charge in [0.2, 0.25) is 0 Å². The monoisotopic (exact) mass is 345 g/mol. The third-order valence-corrected chi connectivity index (χ3v) is 4.63. The van der Waals surface area contributed by atoms with Gasteiger partial charge in [-0.25, -0.2) is 8.42 Å². The number of hydrogen-bond donors (Lipinski definition) is 1. The summed E-state index contributed by atoms with van der Waals surface area (Å²) in [5.41, 5.74) is 0.484. The van der Waals surface area contributed by atoms with Gasteiger partial charge in [-0.15, -0.1) is 0 Å². The molecule has 1 N–H and O–H groups in total. The second-order valence-electron chi connectivity index (χ2n) is 3.54. The molecular weight excluding hydrogens is 338 g/mol. The second-order valence-corrected chi connectivity index (χ2v) is 6.52. The number of halogens is 2. The maximum Gasteiger partial charge on any atom is 0.263 e. The van der Waals surface area contributed by atoms with Crippen LogP contribution in [0.4, 0.5) is 5.69 Å². The van der Waals surface area contributed by atoms with E-state index in [-0.39, 0.29) is 9.92 Å². The van der Waals surface area contributed by atoms with Crippen LogP contribution in [0.3, 0.4) is 0 Å². The Morgan fingerprint density at radius 2 is 1.61 bits per heavy atom. The molecule has 3 nitrogen and oxygen atoms in total. The van der Waals surface area contributed by atoms with Gasteiger partial charge in [0.25, 0.3) is 10.0 Å². The highest BCUT2D eigenvalue weighted by molar-refractivity contribution is 9.10. The van der Waals surface area contributed by atoms with Crippen molar-refractivity contribution in [3.05, 3.63) is 58.0 Å². The van der Waals surface area contributed by atoms with E-state index < -0.39 is 10.0 Å². The summed E-state index contributed by atoms with van der Waals surface area (Å²) in [6, 6.07) is 13.1. The minimum Gasteiger partial charge on any atom is -0.280 e. The van der Waals surface area contributed by atoms with Gasteiger partial charge < -0.3 is 0 Å². The van der Waals surface area contributed by atoms with Crippen LogP contribution in [0.1, 0.15) is 0 Å². The molecule has 0 atom stereocenters. The molecule has 2 aromatic rings. The topological polar surface area (TPSA) is 46.2 Å². The molecule has 6 heteroatoms. The van der Waals surface area contributed by atoms with E-state index >= 15 is 0 Å². The zero-order chi connectivity index (χ0) is 13.2. The van der Waals surface area contributed by atoms with Crippen LogP contribution in [-0.2, 0) is 10.0 Å². The molecule has 0 spiro atoms. The van der Waals surface area contributed by atoms with Crippen LogP contribution in [-0.4, -0.2) is 8.42 Å². The van der Waals surface area contributed by atoms with Crippen LogP contribution in [0, 0.1) is 0 Å². The first kappa shape index (κ1) is 13.4. The van der Waals surface area contributed by atoms with Gasteiger partial charge in [-0.3, -0.25) is 4.72 Å². The molecule has 0 radical (unpaired) electrons. The van der Waals surface area contributed by atoms with Gasteiger partial charge in [0.05, 0.1) is 5.02 Å². The summed E-state index contributed by atoms with van der Waals surface area (Å²) in [5, 5.41) is 0.196. The molecule has 0 aliphatic rings. The summed E-state index contributed by atoms with van der Waals surface area (Å²) in [5.74, 6) is 0. The number of anilines is 1. The lowest BCUT2D eigenvalue weighted by atomic mass is 10.3. The number of rotatable bonds is 3. The van der Waals surface area contributed by atoms with E-state index in [9.17, 15) is 8.42 Å². The summed E-state index contributed by atoms with van der Waals surface area (Å²) >= 11 is 9.16. The molecule has 94 valence electrons. The lowest BCUT2D eigenvalue weighted by molar-refractivity contribution is 0.601. The average molecular weight is 347 g/mol. The smallest absolute Gasteiger partial charge is 0.263 e. The summed E-state index contributed by atoms with van der Waals surface area (Å²) in [7, 11) is -3.65. The van der Waals surface area contributed by atoms with Crippen molar-refractivity contribution in [2.45, 2.75) is 4.90 Å². The molecule has 0 aliphatic heterocycles. The van der Waals surface area contributed by atoms with Crippen molar-refractivity contribution in [3.63, 3.8) is 0 Å². The van der Waals surface area contributed by atoms with Crippen LogP contribution in [0.15, 0.2) is 57.9 Å². The second kappa shape index (κ2) is 5.30. The highest BCUT2D eigenvalue weighted by atomic mass is 79.9. The Kier molecular flexibility index (Phi) is 3.94. The van der Waals surface area contributed by atoms with Crippen molar-refractivity contribution in [3.8, 4) is 0 Å². The lowest BCUT2D eigenvalue weighted by Crippen LogP contribution is -2.13. The largest absolute Gasteiger partial charge is 0.280 e. The van der Waals surface area contributed by atoms with Gasteiger partial charge in [-0.1, -0.05) is 39.7 Å². The lowest BCUT2D eigenvalue weighted by Gasteiger charge is -2.09. The van der Waals surface area contributed by atoms with Crippen LogP contribution in [0.25, 0.3) is 0 Å². The number of hydrogen-bond acceptors (Lipinski definition) is 2. The van der Waals surface area contributed by atoms with Gasteiger partial charge >= 0.3 is 0 Å². The predicted molar refractivity (Wildman–Crippen MR) is 76.4 cm³/mol. The van der Waals surface area contributed by atoms with Crippen molar-refractivity contribution >= 4 is 43.2 Å². The highest BCUT2D eigenvalue weighted by Crippen LogP contribution is 2.23. The fraction of sp³-hybridized carbons (Fsp3) is 0. The molecule has 0 saturated heterocycles. The maximum absolute atomic E-state index is 12.1. The number of benzene rings is 2. The van der Waals surface area contributed by atoms with E-state index in [1.54, 1.807) is 36.4 Å². The molecule has 18 heavy (non-hydrogen) atoms.